The highest BCUT2D eigenvalue weighted by atomic mass is 32.1. The van der Waals surface area contributed by atoms with E-state index in [0.717, 1.165) is 44.1 Å². The van der Waals surface area contributed by atoms with E-state index < -0.39 is 0 Å². The smallest absolute Gasteiger partial charge is 0.232 e. The maximum Gasteiger partial charge on any atom is 0.232 e. The maximum absolute atomic E-state index is 12.9. The Bertz CT molecular complexity index is 517. The van der Waals surface area contributed by atoms with Crippen LogP contribution >= 0.6 is 11.3 Å². The van der Waals surface area contributed by atoms with E-state index in [1.807, 2.05) is 10.3 Å². The number of carbonyl (C=O) groups is 1. The second-order valence-corrected chi connectivity index (χ2v) is 6.87. The van der Waals surface area contributed by atoms with Gasteiger partial charge in [0.25, 0.3) is 0 Å². The van der Waals surface area contributed by atoms with Crippen LogP contribution in [0, 0.1) is 5.92 Å². The Labute approximate surface area is 135 Å². The number of rotatable bonds is 4. The van der Waals surface area contributed by atoms with E-state index in [9.17, 15) is 4.79 Å². The average molecular weight is 321 g/mol. The van der Waals surface area contributed by atoms with Crippen molar-refractivity contribution in [3.8, 4) is 0 Å². The molecule has 1 fully saturated rings. The fraction of sp³-hybridized carbons (Fsp3) is 0.625. The first kappa shape index (κ1) is 15.6. The summed E-state index contributed by atoms with van der Waals surface area (Å²) in [5.74, 6) is 0.270. The lowest BCUT2D eigenvalue weighted by Crippen LogP contribution is -2.49. The minimum absolute atomic E-state index is 0.0609. The molecule has 6 heteroatoms. The van der Waals surface area contributed by atoms with E-state index >= 15 is 0 Å². The molecule has 0 bridgehead atoms. The Balaban J connectivity index is 1.72. The van der Waals surface area contributed by atoms with Crippen LogP contribution in [0.25, 0.3) is 0 Å². The summed E-state index contributed by atoms with van der Waals surface area (Å²) < 4.78 is 5.84. The van der Waals surface area contributed by atoms with Crippen LogP contribution in [0.15, 0.2) is 23.7 Å². The number of thiazole rings is 1. The van der Waals surface area contributed by atoms with Crippen LogP contribution in [0.4, 0.5) is 5.13 Å². The van der Waals surface area contributed by atoms with Gasteiger partial charge in [0, 0.05) is 30.6 Å². The first-order valence-corrected chi connectivity index (χ1v) is 8.78. The molecule has 2 aliphatic rings. The second kappa shape index (κ2) is 7.35. The van der Waals surface area contributed by atoms with E-state index in [2.05, 4.69) is 29.1 Å². The number of ether oxygens (including phenoxy) is 1. The fourth-order valence-electron chi connectivity index (χ4n) is 3.03. The van der Waals surface area contributed by atoms with Crippen molar-refractivity contribution in [2.75, 3.05) is 38.2 Å². The lowest BCUT2D eigenvalue weighted by molar-refractivity contribution is -0.123. The lowest BCUT2D eigenvalue weighted by atomic mass is 9.93. The molecule has 3 rings (SSSR count). The molecule has 0 unspecified atom stereocenters. The van der Waals surface area contributed by atoms with Crippen LogP contribution < -0.4 is 4.90 Å². The number of carbonyl (C=O) groups excluding carboxylic acids is 1. The van der Waals surface area contributed by atoms with Crippen LogP contribution in [0.5, 0.6) is 0 Å². The number of amides is 1. The highest BCUT2D eigenvalue weighted by molar-refractivity contribution is 7.13. The molecule has 120 valence electrons. The van der Waals surface area contributed by atoms with E-state index in [0.29, 0.717) is 6.54 Å². The Hall–Kier alpha value is -1.24. The van der Waals surface area contributed by atoms with Crippen molar-refractivity contribution >= 4 is 22.4 Å². The summed E-state index contributed by atoms with van der Waals surface area (Å²) >= 11 is 1.52. The van der Waals surface area contributed by atoms with Gasteiger partial charge in [0.05, 0.1) is 19.3 Å². The number of anilines is 1. The summed E-state index contributed by atoms with van der Waals surface area (Å²) in [7, 11) is 2.09. The number of hydrogen-bond acceptors (Lipinski definition) is 5. The zero-order valence-corrected chi connectivity index (χ0v) is 13.8. The molecular formula is C16H23N3O2S. The van der Waals surface area contributed by atoms with E-state index in [-0.39, 0.29) is 17.9 Å². The van der Waals surface area contributed by atoms with Crippen molar-refractivity contribution in [3.63, 3.8) is 0 Å². The zero-order chi connectivity index (χ0) is 15.4. The quantitative estimate of drug-likeness (QED) is 0.797. The molecule has 0 saturated carbocycles. The molecule has 0 spiro atoms. The highest BCUT2D eigenvalue weighted by Crippen LogP contribution is 2.26. The molecule has 1 amide bonds. The number of nitrogens with zero attached hydrogens (tertiary/aromatic N) is 3. The largest absolute Gasteiger partial charge is 0.374 e. The monoisotopic (exact) mass is 321 g/mol. The summed E-state index contributed by atoms with van der Waals surface area (Å²) in [6.07, 6.45) is 8.87. The first-order valence-electron chi connectivity index (χ1n) is 7.90. The van der Waals surface area contributed by atoms with Gasteiger partial charge in [-0.1, -0.05) is 12.2 Å². The summed E-state index contributed by atoms with van der Waals surface area (Å²) in [4.78, 5) is 21.4. The molecule has 1 saturated heterocycles. The Morgan fingerprint density at radius 3 is 3.14 bits per heavy atom. The Kier molecular flexibility index (Phi) is 5.23. The third kappa shape index (κ3) is 3.74. The summed E-state index contributed by atoms with van der Waals surface area (Å²) in [6.45, 7) is 3.14. The molecule has 1 aliphatic carbocycles. The molecule has 1 aromatic heterocycles. The number of likely N-dealkylation sites (N-methyl/N-ethyl adjacent to an activating group) is 1. The molecule has 1 aliphatic heterocycles. The predicted molar refractivity (Wildman–Crippen MR) is 88.2 cm³/mol. The van der Waals surface area contributed by atoms with Gasteiger partial charge in [-0.3, -0.25) is 9.69 Å². The molecule has 5 nitrogen and oxygen atoms in total. The number of allylic oxidation sites excluding steroid dienone is 2. The van der Waals surface area contributed by atoms with Gasteiger partial charge in [0.1, 0.15) is 0 Å². The molecule has 22 heavy (non-hydrogen) atoms. The SMILES string of the molecule is CN1CCO[C@@H](CN(C(=O)[C@@H]2CC=CCC2)c2nccs2)C1. The minimum atomic E-state index is 0.0609. The summed E-state index contributed by atoms with van der Waals surface area (Å²) in [5, 5.41) is 2.71. The van der Waals surface area contributed by atoms with Gasteiger partial charge in [-0.05, 0) is 26.3 Å². The molecule has 2 heterocycles. The van der Waals surface area contributed by atoms with Crippen molar-refractivity contribution in [1.29, 1.82) is 0 Å². The van der Waals surface area contributed by atoms with Gasteiger partial charge in [-0.15, -0.1) is 11.3 Å². The predicted octanol–water partition coefficient (Wildman–Crippen LogP) is 2.16. The van der Waals surface area contributed by atoms with Gasteiger partial charge < -0.3 is 9.64 Å². The van der Waals surface area contributed by atoms with Crippen molar-refractivity contribution in [3.05, 3.63) is 23.7 Å². The molecule has 0 radical (unpaired) electrons. The lowest BCUT2D eigenvalue weighted by Gasteiger charge is -2.34. The molecule has 2 atom stereocenters. The fourth-order valence-corrected chi connectivity index (χ4v) is 3.69. The van der Waals surface area contributed by atoms with Gasteiger partial charge in [0.15, 0.2) is 5.13 Å². The third-order valence-electron chi connectivity index (χ3n) is 4.26. The van der Waals surface area contributed by atoms with Gasteiger partial charge in [-0.25, -0.2) is 4.98 Å². The first-order chi connectivity index (χ1) is 10.7. The van der Waals surface area contributed by atoms with Crippen LogP contribution in [-0.4, -0.2) is 55.2 Å². The average Bonchev–Trinajstić information content (AvgIpc) is 3.07. The van der Waals surface area contributed by atoms with Crippen LogP contribution in [0.1, 0.15) is 19.3 Å². The maximum atomic E-state index is 12.9. The molecular weight excluding hydrogens is 298 g/mol. The van der Waals surface area contributed by atoms with Crippen molar-refractivity contribution in [2.24, 2.45) is 5.92 Å². The van der Waals surface area contributed by atoms with Crippen molar-refractivity contribution in [2.45, 2.75) is 25.4 Å². The number of morpholine rings is 1. The summed E-state index contributed by atoms with van der Waals surface area (Å²) in [5.41, 5.74) is 0. The van der Waals surface area contributed by atoms with E-state index in [1.165, 1.54) is 11.3 Å². The van der Waals surface area contributed by atoms with Gasteiger partial charge >= 0.3 is 0 Å². The topological polar surface area (TPSA) is 45.7 Å². The van der Waals surface area contributed by atoms with Crippen molar-refractivity contribution < 1.29 is 9.53 Å². The van der Waals surface area contributed by atoms with Crippen LogP contribution in [0.2, 0.25) is 0 Å². The van der Waals surface area contributed by atoms with Gasteiger partial charge in [-0.2, -0.15) is 0 Å². The van der Waals surface area contributed by atoms with E-state index in [1.54, 1.807) is 6.20 Å². The second-order valence-electron chi connectivity index (χ2n) is 6.00. The molecule has 0 N–H and O–H groups in total. The Morgan fingerprint density at radius 1 is 1.55 bits per heavy atom. The van der Waals surface area contributed by atoms with Gasteiger partial charge in [0.2, 0.25) is 5.91 Å². The minimum Gasteiger partial charge on any atom is -0.374 e. The standard InChI is InChI=1S/C16H23N3O2S/c1-18-8-9-21-14(11-18)12-19(16-17-7-10-22-16)15(20)13-5-3-2-4-6-13/h2-3,7,10,13-14H,4-6,8-9,11-12H2,1H3/t13-,14-/m1/s1. The number of hydrogen-bond donors (Lipinski definition) is 0. The Morgan fingerprint density at radius 2 is 2.45 bits per heavy atom. The molecule has 0 aromatic carbocycles. The normalized spacial score (nSPS) is 26.0. The van der Waals surface area contributed by atoms with Crippen molar-refractivity contribution in [1.82, 2.24) is 9.88 Å². The number of aromatic nitrogens is 1. The third-order valence-corrected chi connectivity index (χ3v) is 5.06. The summed E-state index contributed by atoms with van der Waals surface area (Å²) in [6, 6.07) is 0. The molecule has 1 aromatic rings. The zero-order valence-electron chi connectivity index (χ0n) is 13.0. The van der Waals surface area contributed by atoms with E-state index in [4.69, 9.17) is 4.74 Å². The van der Waals surface area contributed by atoms with Crippen LogP contribution in [-0.2, 0) is 9.53 Å². The van der Waals surface area contributed by atoms with Crippen LogP contribution in [0.3, 0.4) is 0 Å². The highest BCUT2D eigenvalue weighted by Gasteiger charge is 2.30.